The molecular formula is C18H18N2O. The quantitative estimate of drug-likeness (QED) is 0.553. The molecule has 0 saturated heterocycles. The van der Waals surface area contributed by atoms with Crippen molar-refractivity contribution in [2.75, 3.05) is 0 Å². The van der Waals surface area contributed by atoms with E-state index in [1.165, 1.54) is 11.1 Å². The van der Waals surface area contributed by atoms with Crippen molar-refractivity contribution in [1.29, 1.82) is 0 Å². The monoisotopic (exact) mass is 278 g/mol. The molecule has 0 radical (unpaired) electrons. The molecule has 3 aromatic rings. The third kappa shape index (κ3) is 2.89. The standard InChI is InChI=1S/C18H18N2O/c19-20-18(16-12-7-13-21-16)17(14-8-3-1-4-9-14)15-10-5-2-6-11-15/h1-13,17-18,20H,19H2. The highest BCUT2D eigenvalue weighted by Gasteiger charge is 2.27. The van der Waals surface area contributed by atoms with Crippen molar-refractivity contribution in [3.63, 3.8) is 0 Å². The van der Waals surface area contributed by atoms with Crippen molar-refractivity contribution in [3.8, 4) is 0 Å². The number of rotatable bonds is 5. The zero-order valence-corrected chi connectivity index (χ0v) is 11.6. The van der Waals surface area contributed by atoms with Crippen LogP contribution in [0.25, 0.3) is 0 Å². The Kier molecular flexibility index (Phi) is 4.15. The fourth-order valence-electron chi connectivity index (χ4n) is 2.71. The van der Waals surface area contributed by atoms with Crippen molar-refractivity contribution in [2.24, 2.45) is 5.84 Å². The maximum absolute atomic E-state index is 5.83. The lowest BCUT2D eigenvalue weighted by molar-refractivity contribution is 0.391. The van der Waals surface area contributed by atoms with Crippen LogP contribution in [0.5, 0.6) is 0 Å². The average Bonchev–Trinajstić information content (AvgIpc) is 3.08. The summed E-state index contributed by atoms with van der Waals surface area (Å²) < 4.78 is 5.57. The highest BCUT2D eigenvalue weighted by atomic mass is 16.3. The van der Waals surface area contributed by atoms with E-state index < -0.39 is 0 Å². The Morgan fingerprint density at radius 1 is 0.762 bits per heavy atom. The topological polar surface area (TPSA) is 51.2 Å². The molecule has 3 heteroatoms. The van der Waals surface area contributed by atoms with Gasteiger partial charge in [0.1, 0.15) is 5.76 Å². The van der Waals surface area contributed by atoms with E-state index in [-0.39, 0.29) is 12.0 Å². The predicted molar refractivity (Wildman–Crippen MR) is 83.5 cm³/mol. The maximum atomic E-state index is 5.83. The molecule has 0 aliphatic rings. The van der Waals surface area contributed by atoms with Crippen LogP contribution in [0.2, 0.25) is 0 Å². The molecule has 3 nitrogen and oxygen atoms in total. The van der Waals surface area contributed by atoms with Crippen LogP contribution in [0.4, 0.5) is 0 Å². The van der Waals surface area contributed by atoms with Crippen LogP contribution in [0.1, 0.15) is 28.8 Å². The van der Waals surface area contributed by atoms with Crippen LogP contribution in [-0.4, -0.2) is 0 Å². The Bertz CT molecular complexity index is 611. The molecule has 0 spiro atoms. The lowest BCUT2D eigenvalue weighted by atomic mass is 9.84. The third-order valence-electron chi connectivity index (χ3n) is 3.68. The summed E-state index contributed by atoms with van der Waals surface area (Å²) in [5.74, 6) is 6.75. The molecule has 2 aromatic carbocycles. The highest BCUT2D eigenvalue weighted by Crippen LogP contribution is 2.36. The zero-order chi connectivity index (χ0) is 14.5. The van der Waals surface area contributed by atoms with Crippen molar-refractivity contribution < 1.29 is 4.42 Å². The Labute approximate surface area is 124 Å². The van der Waals surface area contributed by atoms with Gasteiger partial charge in [-0.3, -0.25) is 5.84 Å². The summed E-state index contributed by atoms with van der Waals surface area (Å²) in [7, 11) is 0. The lowest BCUT2D eigenvalue weighted by Gasteiger charge is -2.26. The van der Waals surface area contributed by atoms with Gasteiger partial charge < -0.3 is 4.42 Å². The van der Waals surface area contributed by atoms with Gasteiger partial charge in [-0.2, -0.15) is 0 Å². The molecule has 0 saturated carbocycles. The molecule has 1 aromatic heterocycles. The Balaban J connectivity index is 2.08. The number of nitrogens with one attached hydrogen (secondary N) is 1. The number of furan rings is 1. The van der Waals surface area contributed by atoms with Gasteiger partial charge in [0.2, 0.25) is 0 Å². The summed E-state index contributed by atoms with van der Waals surface area (Å²) in [6.07, 6.45) is 1.67. The van der Waals surface area contributed by atoms with E-state index in [0.717, 1.165) is 5.76 Å². The smallest absolute Gasteiger partial charge is 0.122 e. The fourth-order valence-corrected chi connectivity index (χ4v) is 2.71. The van der Waals surface area contributed by atoms with Crippen LogP contribution in [0, 0.1) is 0 Å². The minimum atomic E-state index is -0.121. The Hall–Kier alpha value is -2.36. The first kappa shape index (κ1) is 13.6. The van der Waals surface area contributed by atoms with E-state index in [0.29, 0.717) is 0 Å². The molecular weight excluding hydrogens is 260 g/mol. The Morgan fingerprint density at radius 3 is 1.76 bits per heavy atom. The molecule has 0 amide bonds. The van der Waals surface area contributed by atoms with Crippen LogP contribution >= 0.6 is 0 Å². The molecule has 0 aliphatic heterocycles. The van der Waals surface area contributed by atoms with Gasteiger partial charge in [0.25, 0.3) is 0 Å². The lowest BCUT2D eigenvalue weighted by Crippen LogP contribution is -2.32. The molecule has 1 atom stereocenters. The SMILES string of the molecule is NNC(c1ccco1)C(c1ccccc1)c1ccccc1. The summed E-state index contributed by atoms with van der Waals surface area (Å²) in [6.45, 7) is 0. The molecule has 106 valence electrons. The van der Waals surface area contributed by atoms with Gasteiger partial charge in [-0.25, -0.2) is 5.43 Å². The van der Waals surface area contributed by atoms with Crippen LogP contribution in [-0.2, 0) is 0 Å². The second kappa shape index (κ2) is 6.39. The van der Waals surface area contributed by atoms with Gasteiger partial charge in [-0.15, -0.1) is 0 Å². The summed E-state index contributed by atoms with van der Waals surface area (Å²) in [4.78, 5) is 0. The summed E-state index contributed by atoms with van der Waals surface area (Å²) in [6, 6.07) is 24.4. The molecule has 21 heavy (non-hydrogen) atoms. The third-order valence-corrected chi connectivity index (χ3v) is 3.68. The summed E-state index contributed by atoms with van der Waals surface area (Å²) >= 11 is 0. The number of hydrazine groups is 1. The number of benzene rings is 2. The highest BCUT2D eigenvalue weighted by molar-refractivity contribution is 5.36. The normalized spacial score (nSPS) is 12.5. The van der Waals surface area contributed by atoms with Gasteiger partial charge in [0, 0.05) is 5.92 Å². The van der Waals surface area contributed by atoms with Crippen molar-refractivity contribution in [3.05, 3.63) is 95.9 Å². The summed E-state index contributed by atoms with van der Waals surface area (Å²) in [5.41, 5.74) is 5.30. The van der Waals surface area contributed by atoms with Crippen molar-refractivity contribution in [1.82, 2.24) is 5.43 Å². The van der Waals surface area contributed by atoms with E-state index in [2.05, 4.69) is 29.7 Å². The van der Waals surface area contributed by atoms with Crippen molar-refractivity contribution in [2.45, 2.75) is 12.0 Å². The first-order valence-electron chi connectivity index (χ1n) is 6.99. The van der Waals surface area contributed by atoms with Gasteiger partial charge in [-0.05, 0) is 23.3 Å². The van der Waals surface area contributed by atoms with Gasteiger partial charge in [0.05, 0.1) is 12.3 Å². The first-order valence-corrected chi connectivity index (χ1v) is 6.99. The van der Waals surface area contributed by atoms with Gasteiger partial charge >= 0.3 is 0 Å². The largest absolute Gasteiger partial charge is 0.468 e. The van der Waals surface area contributed by atoms with E-state index in [4.69, 9.17) is 10.3 Å². The number of hydrogen-bond donors (Lipinski definition) is 2. The van der Waals surface area contributed by atoms with Crippen LogP contribution < -0.4 is 11.3 Å². The summed E-state index contributed by atoms with van der Waals surface area (Å²) in [5, 5.41) is 0. The second-order valence-electron chi connectivity index (χ2n) is 4.96. The van der Waals surface area contributed by atoms with Gasteiger partial charge in [-0.1, -0.05) is 60.7 Å². The molecule has 0 fully saturated rings. The number of hydrogen-bond acceptors (Lipinski definition) is 3. The predicted octanol–water partition coefficient (Wildman–Crippen LogP) is 3.62. The first-order chi connectivity index (χ1) is 10.4. The van der Waals surface area contributed by atoms with E-state index in [1.807, 2.05) is 48.5 Å². The Morgan fingerprint density at radius 2 is 1.33 bits per heavy atom. The molecule has 0 bridgehead atoms. The number of nitrogens with two attached hydrogens (primary N) is 1. The van der Waals surface area contributed by atoms with Crippen LogP contribution in [0.3, 0.4) is 0 Å². The maximum Gasteiger partial charge on any atom is 0.122 e. The van der Waals surface area contributed by atoms with Gasteiger partial charge in [0.15, 0.2) is 0 Å². The van der Waals surface area contributed by atoms with Crippen LogP contribution in [0.15, 0.2) is 83.5 Å². The zero-order valence-electron chi connectivity index (χ0n) is 11.6. The minimum Gasteiger partial charge on any atom is -0.468 e. The fraction of sp³-hybridized carbons (Fsp3) is 0.111. The van der Waals surface area contributed by atoms with Crippen molar-refractivity contribution >= 4 is 0 Å². The van der Waals surface area contributed by atoms with E-state index >= 15 is 0 Å². The minimum absolute atomic E-state index is 0.0866. The molecule has 0 aliphatic carbocycles. The molecule has 3 N–H and O–H groups in total. The molecule has 1 heterocycles. The second-order valence-corrected chi connectivity index (χ2v) is 4.96. The molecule has 3 rings (SSSR count). The van der Waals surface area contributed by atoms with E-state index in [9.17, 15) is 0 Å². The average molecular weight is 278 g/mol. The molecule has 1 unspecified atom stereocenters. The van der Waals surface area contributed by atoms with E-state index in [1.54, 1.807) is 6.26 Å².